The number of benzene rings is 4. The van der Waals surface area contributed by atoms with Crippen LogP contribution in [0.4, 0.5) is 5.69 Å². The van der Waals surface area contributed by atoms with Crippen LogP contribution in [0.1, 0.15) is 18.1 Å². The van der Waals surface area contributed by atoms with Crippen molar-refractivity contribution in [3.05, 3.63) is 107 Å². The van der Waals surface area contributed by atoms with E-state index in [9.17, 15) is 4.79 Å². The van der Waals surface area contributed by atoms with Crippen LogP contribution in [0.3, 0.4) is 0 Å². The van der Waals surface area contributed by atoms with Gasteiger partial charge in [0.1, 0.15) is 11.5 Å². The minimum Gasteiger partial charge on any atom is -0.457 e. The largest absolute Gasteiger partial charge is 0.457 e. The van der Waals surface area contributed by atoms with Crippen molar-refractivity contribution in [1.82, 2.24) is 0 Å². The topological polar surface area (TPSA) is 38.3 Å². The molecule has 0 aliphatic rings. The molecule has 0 atom stereocenters. The molecule has 0 aliphatic carbocycles. The van der Waals surface area contributed by atoms with Crippen molar-refractivity contribution < 1.29 is 9.53 Å². The van der Waals surface area contributed by atoms with E-state index in [-0.39, 0.29) is 5.91 Å². The summed E-state index contributed by atoms with van der Waals surface area (Å²) in [6.45, 7) is 4.19. The van der Waals surface area contributed by atoms with Gasteiger partial charge in [0.05, 0.1) is 6.42 Å². The lowest BCUT2D eigenvalue weighted by Gasteiger charge is -2.14. The summed E-state index contributed by atoms with van der Waals surface area (Å²) in [6, 6.07) is 29.4. The van der Waals surface area contributed by atoms with Gasteiger partial charge in [-0.15, -0.1) is 11.8 Å². The highest BCUT2D eigenvalue weighted by molar-refractivity contribution is 7.99. The van der Waals surface area contributed by atoms with Crippen LogP contribution in [0, 0.1) is 6.92 Å². The lowest BCUT2D eigenvalue weighted by atomic mass is 10.0. The zero-order chi connectivity index (χ0) is 23.9. The van der Waals surface area contributed by atoms with Crippen LogP contribution in [0.15, 0.2) is 95.9 Å². The number of nitrogens with one attached hydrogen (secondary N) is 1. The highest BCUT2D eigenvalue weighted by Crippen LogP contribution is 2.36. The lowest BCUT2D eigenvalue weighted by molar-refractivity contribution is -0.115. The monoisotopic (exact) mass is 487 g/mol. The number of rotatable bonds is 8. The van der Waals surface area contributed by atoms with Crippen molar-refractivity contribution >= 4 is 35.0 Å². The van der Waals surface area contributed by atoms with Crippen molar-refractivity contribution in [2.75, 3.05) is 11.1 Å². The standard InChI is InChI=1S/C29H26ClNO2S/c1-3-34-26-15-6-21(7-16-26)18-29(32)31-24-12-17-27(22-8-4-20(2)5-9-22)28(19-24)33-25-13-10-23(30)11-14-25/h4-17,19H,3,18H2,1-2H3,(H,31,32). The first-order chi connectivity index (χ1) is 16.5. The number of halogens is 1. The fourth-order valence-corrected chi connectivity index (χ4v) is 4.33. The Labute approximate surface area is 210 Å². The minimum atomic E-state index is -0.0728. The van der Waals surface area contributed by atoms with Crippen LogP contribution < -0.4 is 10.1 Å². The van der Waals surface area contributed by atoms with Crippen LogP contribution in [-0.4, -0.2) is 11.7 Å². The molecule has 0 spiro atoms. The smallest absolute Gasteiger partial charge is 0.228 e. The van der Waals surface area contributed by atoms with Gasteiger partial charge in [-0.1, -0.05) is 60.5 Å². The summed E-state index contributed by atoms with van der Waals surface area (Å²) in [5.41, 5.74) is 4.83. The molecule has 0 fully saturated rings. The quantitative estimate of drug-likeness (QED) is 0.253. The predicted octanol–water partition coefficient (Wildman–Crippen LogP) is 8.40. The second-order valence-corrected chi connectivity index (χ2v) is 9.71. The number of ether oxygens (including phenoxy) is 1. The maximum Gasteiger partial charge on any atom is 0.228 e. The molecule has 0 unspecified atom stereocenters. The van der Waals surface area contributed by atoms with E-state index in [1.54, 1.807) is 23.9 Å². The minimum absolute atomic E-state index is 0.0728. The SMILES string of the molecule is CCSc1ccc(CC(=O)Nc2ccc(-c3ccc(C)cc3)c(Oc3ccc(Cl)cc3)c2)cc1. The fourth-order valence-electron chi connectivity index (χ4n) is 3.55. The molecule has 5 heteroatoms. The molecule has 34 heavy (non-hydrogen) atoms. The predicted molar refractivity (Wildman–Crippen MR) is 143 cm³/mol. The van der Waals surface area contributed by atoms with Gasteiger partial charge in [0.25, 0.3) is 0 Å². The van der Waals surface area contributed by atoms with Gasteiger partial charge in [0.15, 0.2) is 0 Å². The molecule has 1 amide bonds. The third-order valence-electron chi connectivity index (χ3n) is 5.27. The third kappa shape index (κ3) is 6.43. The van der Waals surface area contributed by atoms with Crippen molar-refractivity contribution in [1.29, 1.82) is 0 Å². The number of carbonyl (C=O) groups is 1. The second-order valence-electron chi connectivity index (χ2n) is 7.93. The summed E-state index contributed by atoms with van der Waals surface area (Å²) in [7, 11) is 0. The van der Waals surface area contributed by atoms with E-state index in [0.717, 1.165) is 22.4 Å². The zero-order valence-electron chi connectivity index (χ0n) is 19.2. The molecular weight excluding hydrogens is 462 g/mol. The van der Waals surface area contributed by atoms with Gasteiger partial charge in [-0.2, -0.15) is 0 Å². The molecule has 172 valence electrons. The summed E-state index contributed by atoms with van der Waals surface area (Å²) in [4.78, 5) is 13.9. The van der Waals surface area contributed by atoms with E-state index in [1.165, 1.54) is 10.5 Å². The zero-order valence-corrected chi connectivity index (χ0v) is 20.7. The summed E-state index contributed by atoms with van der Waals surface area (Å²) < 4.78 is 6.21. The first kappa shape index (κ1) is 23.9. The number of amides is 1. The van der Waals surface area contributed by atoms with Crippen LogP contribution in [0.2, 0.25) is 5.02 Å². The Bertz CT molecular complexity index is 1250. The van der Waals surface area contributed by atoms with Crippen LogP contribution >= 0.6 is 23.4 Å². The maximum absolute atomic E-state index is 12.7. The number of aryl methyl sites for hydroxylation is 1. The Morgan fingerprint density at radius 1 is 0.912 bits per heavy atom. The Morgan fingerprint density at radius 2 is 1.62 bits per heavy atom. The molecule has 0 saturated carbocycles. The molecule has 4 aromatic carbocycles. The third-order valence-corrected chi connectivity index (χ3v) is 6.41. The average molecular weight is 488 g/mol. The second kappa shape index (κ2) is 11.3. The summed E-state index contributed by atoms with van der Waals surface area (Å²) in [6.07, 6.45) is 0.310. The first-order valence-electron chi connectivity index (χ1n) is 11.2. The van der Waals surface area contributed by atoms with Crippen molar-refractivity contribution in [2.45, 2.75) is 25.2 Å². The normalized spacial score (nSPS) is 10.7. The van der Waals surface area contributed by atoms with E-state index in [0.29, 0.717) is 28.6 Å². The van der Waals surface area contributed by atoms with Crippen LogP contribution in [0.25, 0.3) is 11.1 Å². The van der Waals surface area contributed by atoms with Gasteiger partial charge in [0, 0.05) is 27.2 Å². The van der Waals surface area contributed by atoms with Gasteiger partial charge in [-0.3, -0.25) is 4.79 Å². The summed E-state index contributed by atoms with van der Waals surface area (Å²) >= 11 is 7.81. The lowest BCUT2D eigenvalue weighted by Crippen LogP contribution is -2.14. The van der Waals surface area contributed by atoms with Gasteiger partial charge in [0.2, 0.25) is 5.91 Å². The molecule has 0 aromatic heterocycles. The summed E-state index contributed by atoms with van der Waals surface area (Å²) in [5, 5.41) is 3.65. The van der Waals surface area contributed by atoms with E-state index >= 15 is 0 Å². The first-order valence-corrected chi connectivity index (χ1v) is 12.5. The molecule has 0 bridgehead atoms. The fraction of sp³-hybridized carbons (Fsp3) is 0.138. The number of hydrogen-bond acceptors (Lipinski definition) is 3. The Morgan fingerprint density at radius 3 is 2.29 bits per heavy atom. The number of carbonyl (C=O) groups excluding carboxylic acids is 1. The van der Waals surface area contributed by atoms with Gasteiger partial charge >= 0.3 is 0 Å². The molecule has 3 nitrogen and oxygen atoms in total. The molecule has 0 heterocycles. The van der Waals surface area contributed by atoms with Gasteiger partial charge in [-0.05, 0) is 72.3 Å². The van der Waals surface area contributed by atoms with E-state index in [1.807, 2.05) is 42.5 Å². The molecule has 0 aliphatic heterocycles. The van der Waals surface area contributed by atoms with Gasteiger partial charge < -0.3 is 10.1 Å². The number of anilines is 1. The molecule has 1 N–H and O–H groups in total. The number of thioether (sulfide) groups is 1. The van der Waals surface area contributed by atoms with Crippen molar-refractivity contribution in [3.63, 3.8) is 0 Å². The average Bonchev–Trinajstić information content (AvgIpc) is 2.83. The molecule has 0 radical (unpaired) electrons. The Kier molecular flexibility index (Phi) is 7.94. The van der Waals surface area contributed by atoms with E-state index < -0.39 is 0 Å². The van der Waals surface area contributed by atoms with Crippen molar-refractivity contribution in [3.8, 4) is 22.6 Å². The highest BCUT2D eigenvalue weighted by Gasteiger charge is 2.12. The molecule has 0 saturated heterocycles. The van der Waals surface area contributed by atoms with E-state index in [4.69, 9.17) is 16.3 Å². The number of hydrogen-bond donors (Lipinski definition) is 1. The maximum atomic E-state index is 12.7. The molecule has 4 rings (SSSR count). The van der Waals surface area contributed by atoms with Gasteiger partial charge in [-0.25, -0.2) is 0 Å². The summed E-state index contributed by atoms with van der Waals surface area (Å²) in [5.74, 6) is 2.28. The Balaban J connectivity index is 1.55. The molecule has 4 aromatic rings. The Hall–Kier alpha value is -3.21. The van der Waals surface area contributed by atoms with Crippen LogP contribution in [0.5, 0.6) is 11.5 Å². The molecular formula is C29H26ClNO2S. The van der Waals surface area contributed by atoms with Crippen molar-refractivity contribution in [2.24, 2.45) is 0 Å². The highest BCUT2D eigenvalue weighted by atomic mass is 35.5. The van der Waals surface area contributed by atoms with E-state index in [2.05, 4.69) is 55.6 Å². The van der Waals surface area contributed by atoms with Crippen LogP contribution in [-0.2, 0) is 11.2 Å².